The molecule has 0 radical (unpaired) electrons. The third-order valence-corrected chi connectivity index (χ3v) is 5.13. The van der Waals surface area contributed by atoms with Gasteiger partial charge in [0.1, 0.15) is 22.3 Å². The van der Waals surface area contributed by atoms with E-state index in [0.29, 0.717) is 6.61 Å². The van der Waals surface area contributed by atoms with Crippen molar-refractivity contribution < 1.29 is 17.5 Å². The quantitative estimate of drug-likeness (QED) is 0.844. The van der Waals surface area contributed by atoms with Crippen LogP contribution in [0.5, 0.6) is 0 Å². The highest BCUT2D eigenvalue weighted by Gasteiger charge is 2.29. The van der Waals surface area contributed by atoms with E-state index in [0.717, 1.165) is 23.2 Å². The first-order chi connectivity index (χ1) is 9.46. The number of rotatable bonds is 4. The van der Waals surface area contributed by atoms with Crippen LogP contribution >= 0.6 is 0 Å². The summed E-state index contributed by atoms with van der Waals surface area (Å²) in [6, 6.07) is 5.19. The Hall–Kier alpha value is -1.49. The molecule has 0 N–H and O–H groups in total. The van der Waals surface area contributed by atoms with Crippen LogP contribution in [0, 0.1) is 17.1 Å². The molecule has 1 aromatic rings. The van der Waals surface area contributed by atoms with Gasteiger partial charge < -0.3 is 4.74 Å². The zero-order valence-corrected chi connectivity index (χ0v) is 11.9. The van der Waals surface area contributed by atoms with Gasteiger partial charge in [-0.15, -0.1) is 0 Å². The van der Waals surface area contributed by atoms with Gasteiger partial charge >= 0.3 is 0 Å². The molecule has 1 unspecified atom stereocenters. The van der Waals surface area contributed by atoms with Gasteiger partial charge in [-0.3, -0.25) is 0 Å². The van der Waals surface area contributed by atoms with Gasteiger partial charge in [-0.1, -0.05) is 6.07 Å². The highest BCUT2D eigenvalue weighted by Crippen LogP contribution is 2.23. The Bertz CT molecular complexity index is 634. The van der Waals surface area contributed by atoms with Crippen molar-refractivity contribution in [3.8, 4) is 6.07 Å². The van der Waals surface area contributed by atoms with E-state index in [1.807, 2.05) is 0 Å². The van der Waals surface area contributed by atoms with Crippen LogP contribution in [0.1, 0.15) is 18.4 Å². The van der Waals surface area contributed by atoms with Crippen LogP contribution in [-0.2, 0) is 14.8 Å². The van der Waals surface area contributed by atoms with Gasteiger partial charge in [0.05, 0.1) is 6.10 Å². The lowest BCUT2D eigenvalue weighted by Crippen LogP contribution is -2.34. The molecule has 2 rings (SSSR count). The van der Waals surface area contributed by atoms with E-state index in [9.17, 15) is 12.8 Å². The average molecular weight is 298 g/mol. The highest BCUT2D eigenvalue weighted by molar-refractivity contribution is 7.89. The Morgan fingerprint density at radius 3 is 2.90 bits per heavy atom. The molecule has 0 amide bonds. The predicted molar refractivity (Wildman–Crippen MR) is 69.9 cm³/mol. The molecule has 0 saturated carbocycles. The van der Waals surface area contributed by atoms with Crippen LogP contribution in [0.25, 0.3) is 0 Å². The van der Waals surface area contributed by atoms with Crippen molar-refractivity contribution in [2.45, 2.75) is 23.8 Å². The van der Waals surface area contributed by atoms with Crippen molar-refractivity contribution in [2.24, 2.45) is 0 Å². The lowest BCUT2D eigenvalue weighted by atomic mass is 10.2. The molecular weight excluding hydrogens is 283 g/mol. The van der Waals surface area contributed by atoms with Crippen molar-refractivity contribution in [1.29, 1.82) is 5.26 Å². The van der Waals surface area contributed by atoms with E-state index in [4.69, 9.17) is 10.00 Å². The summed E-state index contributed by atoms with van der Waals surface area (Å²) in [5.74, 6) is -0.834. The fourth-order valence-corrected chi connectivity index (χ4v) is 3.52. The summed E-state index contributed by atoms with van der Waals surface area (Å²) < 4.78 is 44.8. The zero-order valence-electron chi connectivity index (χ0n) is 11.0. The van der Waals surface area contributed by atoms with Crippen molar-refractivity contribution in [3.63, 3.8) is 0 Å². The smallest absolute Gasteiger partial charge is 0.244 e. The van der Waals surface area contributed by atoms with E-state index in [1.165, 1.54) is 19.2 Å². The topological polar surface area (TPSA) is 70.4 Å². The maximum absolute atomic E-state index is 13.5. The number of hydrogen-bond acceptors (Lipinski definition) is 4. The van der Waals surface area contributed by atoms with Crippen LogP contribution in [0.2, 0.25) is 0 Å². The number of hydrogen-bond donors (Lipinski definition) is 0. The van der Waals surface area contributed by atoms with E-state index >= 15 is 0 Å². The molecule has 1 aromatic carbocycles. The summed E-state index contributed by atoms with van der Waals surface area (Å²) >= 11 is 0. The Balaban J connectivity index is 2.30. The highest BCUT2D eigenvalue weighted by atomic mass is 32.2. The molecule has 20 heavy (non-hydrogen) atoms. The molecule has 0 aromatic heterocycles. The van der Waals surface area contributed by atoms with Crippen LogP contribution < -0.4 is 0 Å². The summed E-state index contributed by atoms with van der Waals surface area (Å²) in [7, 11) is -2.50. The predicted octanol–water partition coefficient (Wildman–Crippen LogP) is 1.50. The molecule has 5 nitrogen and oxygen atoms in total. The summed E-state index contributed by atoms with van der Waals surface area (Å²) in [6.07, 6.45) is 1.56. The molecule has 1 fully saturated rings. The fraction of sp³-hybridized carbons (Fsp3) is 0.462. The summed E-state index contributed by atoms with van der Waals surface area (Å²) in [5.41, 5.74) is -0.452. The first-order valence-electron chi connectivity index (χ1n) is 6.23. The molecule has 1 aliphatic heterocycles. The Morgan fingerprint density at radius 2 is 2.30 bits per heavy atom. The van der Waals surface area contributed by atoms with Gasteiger partial charge in [-0.2, -0.15) is 9.57 Å². The number of likely N-dealkylation sites (N-methyl/N-ethyl adjacent to an activating group) is 1. The largest absolute Gasteiger partial charge is 0.377 e. The van der Waals surface area contributed by atoms with Crippen LogP contribution in [0.3, 0.4) is 0 Å². The van der Waals surface area contributed by atoms with Crippen molar-refractivity contribution in [3.05, 3.63) is 29.6 Å². The lowest BCUT2D eigenvalue weighted by molar-refractivity contribution is 0.0979. The average Bonchev–Trinajstić information content (AvgIpc) is 2.91. The molecule has 108 valence electrons. The summed E-state index contributed by atoms with van der Waals surface area (Å²) in [5, 5.41) is 8.93. The minimum Gasteiger partial charge on any atom is -0.377 e. The minimum absolute atomic E-state index is 0.145. The molecule has 1 saturated heterocycles. The second-order valence-corrected chi connectivity index (χ2v) is 6.66. The SMILES string of the molecule is CN(CC1CCCO1)S(=O)(=O)c1cccc(F)c1C#N. The molecule has 0 aliphatic carbocycles. The third kappa shape index (κ3) is 2.82. The third-order valence-electron chi connectivity index (χ3n) is 3.26. The molecule has 0 bridgehead atoms. The number of nitriles is 1. The molecule has 7 heteroatoms. The Kier molecular flexibility index (Phi) is 4.38. The fourth-order valence-electron chi connectivity index (χ4n) is 2.17. The first kappa shape index (κ1) is 14.9. The van der Waals surface area contributed by atoms with Gasteiger partial charge in [0.15, 0.2) is 0 Å². The minimum atomic E-state index is -3.90. The second kappa shape index (κ2) is 5.87. The number of nitrogens with zero attached hydrogens (tertiary/aromatic N) is 2. The van der Waals surface area contributed by atoms with Gasteiger partial charge in [0.25, 0.3) is 0 Å². The molecule has 1 atom stereocenters. The first-order valence-corrected chi connectivity index (χ1v) is 7.67. The maximum Gasteiger partial charge on any atom is 0.244 e. The van der Waals surface area contributed by atoms with Gasteiger partial charge in [0.2, 0.25) is 10.0 Å². The lowest BCUT2D eigenvalue weighted by Gasteiger charge is -2.21. The monoisotopic (exact) mass is 298 g/mol. The van der Waals surface area contributed by atoms with Crippen molar-refractivity contribution in [1.82, 2.24) is 4.31 Å². The van der Waals surface area contributed by atoms with Crippen LogP contribution in [0.4, 0.5) is 4.39 Å². The van der Waals surface area contributed by atoms with Crippen LogP contribution in [0.15, 0.2) is 23.1 Å². The van der Waals surface area contributed by atoms with Crippen molar-refractivity contribution >= 4 is 10.0 Å². The number of sulfonamides is 1. The van der Waals surface area contributed by atoms with E-state index in [1.54, 1.807) is 6.07 Å². The van der Waals surface area contributed by atoms with Crippen molar-refractivity contribution in [2.75, 3.05) is 20.2 Å². The number of benzene rings is 1. The standard InChI is InChI=1S/C13H15FN2O3S/c1-16(9-10-4-3-7-19-10)20(17,18)13-6-2-5-12(14)11(13)8-15/h2,5-6,10H,3-4,7,9H2,1H3. The van der Waals surface area contributed by atoms with Gasteiger partial charge in [-0.05, 0) is 25.0 Å². The zero-order chi connectivity index (χ0) is 14.8. The summed E-state index contributed by atoms with van der Waals surface area (Å²) in [4.78, 5) is -0.305. The number of ether oxygens (including phenoxy) is 1. The normalized spacial score (nSPS) is 19.2. The molecular formula is C13H15FN2O3S. The molecule has 1 aliphatic rings. The Labute approximate surface area is 117 Å². The van der Waals surface area contributed by atoms with E-state index in [2.05, 4.69) is 0 Å². The van der Waals surface area contributed by atoms with Gasteiger partial charge in [-0.25, -0.2) is 12.8 Å². The number of halogens is 1. The van der Waals surface area contributed by atoms with E-state index < -0.39 is 21.4 Å². The second-order valence-electron chi connectivity index (χ2n) is 4.65. The Morgan fingerprint density at radius 1 is 1.55 bits per heavy atom. The van der Waals surface area contributed by atoms with Crippen LogP contribution in [-0.4, -0.2) is 39.0 Å². The summed E-state index contributed by atoms with van der Waals surface area (Å²) in [6.45, 7) is 0.825. The van der Waals surface area contributed by atoms with Gasteiger partial charge in [0, 0.05) is 20.2 Å². The molecule has 0 spiro atoms. The maximum atomic E-state index is 13.5. The molecule has 1 heterocycles. The van der Waals surface area contributed by atoms with E-state index in [-0.39, 0.29) is 17.5 Å².